The molecular weight excluding hydrogens is 298 g/mol. The molecule has 0 aliphatic heterocycles. The molecule has 4 heteroatoms. The predicted octanol–water partition coefficient (Wildman–Crippen LogP) is 3.99. The van der Waals surface area contributed by atoms with Crippen molar-refractivity contribution in [3.63, 3.8) is 0 Å². The number of hydrogen-bond acceptors (Lipinski definition) is 1. The molecule has 0 radical (unpaired) electrons. The molecule has 2 rings (SSSR count). The van der Waals surface area contributed by atoms with E-state index in [0.717, 1.165) is 17.0 Å². The van der Waals surface area contributed by atoms with Crippen LogP contribution in [-0.4, -0.2) is 22.8 Å². The Morgan fingerprint density at radius 2 is 1.91 bits per heavy atom. The first kappa shape index (κ1) is 17.5. The summed E-state index contributed by atoms with van der Waals surface area (Å²) in [5.41, 5.74) is 0. The molecule has 0 saturated heterocycles. The number of alkyl halides is 1. The third kappa shape index (κ3) is 5.38. The summed E-state index contributed by atoms with van der Waals surface area (Å²) in [7, 11) is -0.553. The molecule has 1 aliphatic rings. The number of benzene rings is 1. The van der Waals surface area contributed by atoms with Crippen molar-refractivity contribution < 1.29 is 13.5 Å². The van der Waals surface area contributed by atoms with Crippen LogP contribution in [0, 0.1) is 17.7 Å². The second-order valence-electron chi connectivity index (χ2n) is 6.50. The van der Waals surface area contributed by atoms with Gasteiger partial charge in [-0.15, -0.1) is 0 Å². The van der Waals surface area contributed by atoms with E-state index in [9.17, 15) is 8.78 Å². The van der Waals surface area contributed by atoms with E-state index in [1.807, 2.05) is 6.07 Å². The third-order valence-corrected chi connectivity index (χ3v) is 7.07. The van der Waals surface area contributed by atoms with Crippen LogP contribution in [0.1, 0.15) is 45.4 Å². The number of ether oxygens (including phenoxy) is 1. The highest BCUT2D eigenvalue weighted by Gasteiger charge is 2.20. The molecule has 1 saturated carbocycles. The molecule has 124 valence electrons. The van der Waals surface area contributed by atoms with Crippen LogP contribution in [0.15, 0.2) is 18.2 Å². The van der Waals surface area contributed by atoms with Gasteiger partial charge in [-0.1, -0.05) is 57.6 Å². The van der Waals surface area contributed by atoms with Crippen molar-refractivity contribution in [1.29, 1.82) is 0 Å². The van der Waals surface area contributed by atoms with Gasteiger partial charge in [0.25, 0.3) is 0 Å². The van der Waals surface area contributed by atoms with E-state index in [-0.39, 0.29) is 12.4 Å². The van der Waals surface area contributed by atoms with Crippen LogP contribution < -0.4 is 9.92 Å². The van der Waals surface area contributed by atoms with Crippen LogP contribution in [0.5, 0.6) is 5.75 Å². The first-order valence-electron chi connectivity index (χ1n) is 8.70. The lowest BCUT2D eigenvalue weighted by Gasteiger charge is -2.28. The highest BCUT2D eigenvalue weighted by molar-refractivity contribution is 6.53. The van der Waals surface area contributed by atoms with Gasteiger partial charge in [0, 0.05) is 6.07 Å². The Morgan fingerprint density at radius 1 is 1.18 bits per heavy atom. The van der Waals surface area contributed by atoms with Crippen LogP contribution in [0.2, 0.25) is 6.04 Å². The molecule has 1 aromatic carbocycles. The summed E-state index contributed by atoms with van der Waals surface area (Å²) in [6.07, 6.45) is 8.07. The fourth-order valence-electron chi connectivity index (χ4n) is 3.55. The topological polar surface area (TPSA) is 9.23 Å². The van der Waals surface area contributed by atoms with Gasteiger partial charge >= 0.3 is 0 Å². The zero-order valence-electron chi connectivity index (χ0n) is 13.6. The smallest absolute Gasteiger partial charge is 0.125 e. The van der Waals surface area contributed by atoms with E-state index in [2.05, 4.69) is 6.92 Å². The van der Waals surface area contributed by atoms with Crippen molar-refractivity contribution in [2.45, 2.75) is 51.5 Å². The van der Waals surface area contributed by atoms with E-state index in [0.29, 0.717) is 5.75 Å². The Balaban J connectivity index is 1.77. The molecule has 0 amide bonds. The first-order valence-corrected chi connectivity index (χ1v) is 10.4. The second-order valence-corrected chi connectivity index (χ2v) is 8.34. The Bertz CT molecular complexity index is 445. The summed E-state index contributed by atoms with van der Waals surface area (Å²) >= 11 is 0. The van der Waals surface area contributed by atoms with Crippen molar-refractivity contribution in [3.05, 3.63) is 24.0 Å². The molecule has 0 N–H and O–H groups in total. The van der Waals surface area contributed by atoms with Crippen molar-refractivity contribution in [3.8, 4) is 5.75 Å². The van der Waals surface area contributed by atoms with Crippen LogP contribution in [0.25, 0.3) is 0 Å². The molecule has 0 aromatic heterocycles. The van der Waals surface area contributed by atoms with Crippen molar-refractivity contribution in [1.82, 2.24) is 0 Å². The number of halogens is 2. The minimum absolute atomic E-state index is 0.00276. The van der Waals surface area contributed by atoms with E-state index < -0.39 is 16.2 Å². The highest BCUT2D eigenvalue weighted by atomic mass is 28.2. The van der Waals surface area contributed by atoms with Crippen LogP contribution in [0.3, 0.4) is 0 Å². The molecule has 1 aromatic rings. The fourth-order valence-corrected chi connectivity index (χ4v) is 5.48. The lowest BCUT2D eigenvalue weighted by molar-refractivity contribution is 0.272. The lowest BCUT2D eigenvalue weighted by atomic mass is 9.81. The molecular formula is C18H28F2OSi. The van der Waals surface area contributed by atoms with Crippen LogP contribution in [0.4, 0.5) is 8.78 Å². The molecule has 0 unspecified atom stereocenters. The lowest BCUT2D eigenvalue weighted by Crippen LogP contribution is -2.23. The van der Waals surface area contributed by atoms with E-state index in [1.54, 1.807) is 6.07 Å². The maximum Gasteiger partial charge on any atom is 0.125 e. The standard InChI is InChI=1S/C18H28F2OSi/c1-2-3-14-4-6-15(7-5-14)13-22-18-9-8-16(12-17(18)20)21-11-10-19/h8-9,12,14-15H,2-7,10-11,13,22H2,1H3/t14-,15-. The Hall–Kier alpha value is -0.903. The summed E-state index contributed by atoms with van der Waals surface area (Å²) in [5, 5.41) is 0.892. The van der Waals surface area contributed by atoms with Gasteiger partial charge in [0.15, 0.2) is 0 Å². The minimum atomic E-state index is -0.553. The fraction of sp³-hybridized carbons (Fsp3) is 0.667. The maximum absolute atomic E-state index is 14.1. The van der Waals surface area contributed by atoms with E-state index in [1.165, 1.54) is 50.6 Å². The second kappa shape index (κ2) is 9.28. The molecule has 0 atom stereocenters. The van der Waals surface area contributed by atoms with Crippen molar-refractivity contribution >= 4 is 14.7 Å². The summed E-state index contributed by atoms with van der Waals surface area (Å²) in [4.78, 5) is 0. The normalized spacial score (nSPS) is 22.3. The quantitative estimate of drug-likeness (QED) is 0.656. The van der Waals surface area contributed by atoms with Crippen LogP contribution in [-0.2, 0) is 0 Å². The SMILES string of the molecule is CCC[C@H]1CC[C@H](C[SiH2]c2ccc(OCCF)cc2F)CC1. The van der Waals surface area contributed by atoms with Crippen molar-refractivity contribution in [2.75, 3.05) is 13.3 Å². The van der Waals surface area contributed by atoms with Gasteiger partial charge in [0.1, 0.15) is 24.8 Å². The van der Waals surface area contributed by atoms with Crippen LogP contribution >= 0.6 is 0 Å². The Labute approximate surface area is 135 Å². The summed E-state index contributed by atoms with van der Waals surface area (Å²) in [6.45, 7) is 1.72. The van der Waals surface area contributed by atoms with Gasteiger partial charge < -0.3 is 4.74 Å². The summed E-state index contributed by atoms with van der Waals surface area (Å²) in [6, 6.07) is 6.24. The minimum Gasteiger partial charge on any atom is -0.491 e. The van der Waals surface area contributed by atoms with Gasteiger partial charge in [-0.05, 0) is 23.1 Å². The first-order chi connectivity index (χ1) is 10.7. The Kier molecular flexibility index (Phi) is 7.36. The molecule has 1 nitrogen and oxygen atoms in total. The van der Waals surface area contributed by atoms with Crippen molar-refractivity contribution in [2.24, 2.45) is 11.8 Å². The van der Waals surface area contributed by atoms with E-state index >= 15 is 0 Å². The molecule has 1 fully saturated rings. The molecule has 0 heterocycles. The molecule has 22 heavy (non-hydrogen) atoms. The summed E-state index contributed by atoms with van der Waals surface area (Å²) < 4.78 is 31.2. The van der Waals surface area contributed by atoms with Gasteiger partial charge in [0.2, 0.25) is 0 Å². The summed E-state index contributed by atoms with van der Waals surface area (Å²) in [5.74, 6) is 2.02. The van der Waals surface area contributed by atoms with Gasteiger partial charge in [-0.2, -0.15) is 0 Å². The van der Waals surface area contributed by atoms with E-state index in [4.69, 9.17) is 4.74 Å². The monoisotopic (exact) mass is 326 g/mol. The maximum atomic E-state index is 14.1. The average Bonchev–Trinajstić information content (AvgIpc) is 2.54. The molecule has 0 bridgehead atoms. The Morgan fingerprint density at radius 3 is 2.55 bits per heavy atom. The highest BCUT2D eigenvalue weighted by Crippen LogP contribution is 2.33. The zero-order chi connectivity index (χ0) is 15.8. The van der Waals surface area contributed by atoms with Gasteiger partial charge in [-0.25, -0.2) is 8.78 Å². The largest absolute Gasteiger partial charge is 0.491 e. The number of hydrogen-bond donors (Lipinski definition) is 0. The average molecular weight is 327 g/mol. The molecule has 0 spiro atoms. The van der Waals surface area contributed by atoms with Gasteiger partial charge in [-0.3, -0.25) is 0 Å². The van der Waals surface area contributed by atoms with Gasteiger partial charge in [0.05, 0.1) is 9.52 Å². The molecule has 1 aliphatic carbocycles. The number of rotatable bonds is 8. The predicted molar refractivity (Wildman–Crippen MR) is 91.2 cm³/mol. The zero-order valence-corrected chi connectivity index (χ0v) is 15.0. The third-order valence-electron chi connectivity index (χ3n) is 4.86.